The van der Waals surface area contributed by atoms with Crippen LogP contribution in [0.2, 0.25) is 5.02 Å². The van der Waals surface area contributed by atoms with Gasteiger partial charge in [0, 0.05) is 37.6 Å². The van der Waals surface area contributed by atoms with Gasteiger partial charge >= 0.3 is 0 Å². The summed E-state index contributed by atoms with van der Waals surface area (Å²) in [5.74, 6) is 0.929. The number of sulfonamides is 1. The molecule has 9 heteroatoms. The number of rotatable bonds is 8. The Bertz CT molecular complexity index is 1050. The lowest BCUT2D eigenvalue weighted by Gasteiger charge is -2.32. The highest BCUT2D eigenvalue weighted by Gasteiger charge is 2.32. The second-order valence-electron chi connectivity index (χ2n) is 7.90. The minimum atomic E-state index is -3.49. The smallest absolute Gasteiger partial charge is 0.225 e. The Morgan fingerprint density at radius 3 is 2.38 bits per heavy atom. The van der Waals surface area contributed by atoms with Crippen molar-refractivity contribution in [2.24, 2.45) is 5.92 Å². The van der Waals surface area contributed by atoms with Crippen molar-refractivity contribution in [3.05, 3.63) is 58.6 Å². The molecule has 1 saturated heterocycles. The molecule has 1 fully saturated rings. The third kappa shape index (κ3) is 5.74. The Hall–Kier alpha value is -2.29. The van der Waals surface area contributed by atoms with E-state index >= 15 is 0 Å². The fourth-order valence-electron chi connectivity index (χ4n) is 3.93. The van der Waals surface area contributed by atoms with Crippen molar-refractivity contribution in [3.8, 4) is 11.5 Å². The fourth-order valence-corrected chi connectivity index (χ4v) is 5.80. The van der Waals surface area contributed by atoms with Crippen LogP contribution in [0.1, 0.15) is 24.0 Å². The third-order valence-electron chi connectivity index (χ3n) is 5.74. The van der Waals surface area contributed by atoms with E-state index in [-0.39, 0.29) is 17.6 Å². The lowest BCUT2D eigenvalue weighted by Crippen LogP contribution is -2.43. The van der Waals surface area contributed by atoms with E-state index in [1.807, 2.05) is 18.2 Å². The van der Waals surface area contributed by atoms with Gasteiger partial charge in [0.25, 0.3) is 0 Å². The lowest BCUT2D eigenvalue weighted by atomic mass is 9.96. The van der Waals surface area contributed by atoms with Gasteiger partial charge in [-0.2, -0.15) is 0 Å². The summed E-state index contributed by atoms with van der Waals surface area (Å²) >= 11 is 6.12. The Morgan fingerprint density at radius 2 is 1.75 bits per heavy atom. The molecule has 0 bridgehead atoms. The molecule has 174 valence electrons. The topological polar surface area (TPSA) is 76.2 Å². The molecular formula is C23H29ClN2O5S. The van der Waals surface area contributed by atoms with Crippen LogP contribution in [0.25, 0.3) is 0 Å². The lowest BCUT2D eigenvalue weighted by molar-refractivity contribution is -0.135. The highest BCUT2D eigenvalue weighted by molar-refractivity contribution is 7.88. The maximum Gasteiger partial charge on any atom is 0.225 e. The Balaban J connectivity index is 1.57. The third-order valence-corrected chi connectivity index (χ3v) is 7.93. The molecule has 0 N–H and O–H groups in total. The number of hydrogen-bond donors (Lipinski definition) is 0. The number of amides is 1. The molecule has 0 saturated carbocycles. The summed E-state index contributed by atoms with van der Waals surface area (Å²) in [4.78, 5) is 14.6. The van der Waals surface area contributed by atoms with E-state index in [1.54, 1.807) is 50.4 Å². The Morgan fingerprint density at radius 1 is 1.09 bits per heavy atom. The largest absolute Gasteiger partial charge is 0.493 e. The molecule has 0 aliphatic carbocycles. The molecule has 1 heterocycles. The molecule has 1 amide bonds. The van der Waals surface area contributed by atoms with Crippen molar-refractivity contribution >= 4 is 27.5 Å². The van der Waals surface area contributed by atoms with Crippen molar-refractivity contribution < 1.29 is 22.7 Å². The molecule has 0 atom stereocenters. The van der Waals surface area contributed by atoms with Crippen LogP contribution in [0.3, 0.4) is 0 Å². The molecule has 0 spiro atoms. The zero-order valence-electron chi connectivity index (χ0n) is 18.6. The van der Waals surface area contributed by atoms with Gasteiger partial charge in [-0.05, 0) is 42.2 Å². The van der Waals surface area contributed by atoms with E-state index < -0.39 is 10.0 Å². The summed E-state index contributed by atoms with van der Waals surface area (Å²) < 4.78 is 37.7. The van der Waals surface area contributed by atoms with Gasteiger partial charge in [-0.15, -0.1) is 0 Å². The monoisotopic (exact) mass is 480 g/mol. The number of ether oxygens (including phenoxy) is 2. The van der Waals surface area contributed by atoms with Crippen molar-refractivity contribution in [1.29, 1.82) is 0 Å². The fraction of sp³-hybridized carbons (Fsp3) is 0.435. The van der Waals surface area contributed by atoms with Crippen LogP contribution >= 0.6 is 11.6 Å². The van der Waals surface area contributed by atoms with Gasteiger partial charge in [-0.3, -0.25) is 4.79 Å². The number of methoxy groups -OCH3 is 2. The van der Waals surface area contributed by atoms with Gasteiger partial charge in [0.15, 0.2) is 11.5 Å². The average Bonchev–Trinajstić information content (AvgIpc) is 2.80. The van der Waals surface area contributed by atoms with Crippen LogP contribution in [-0.2, 0) is 27.1 Å². The van der Waals surface area contributed by atoms with Crippen molar-refractivity contribution in [1.82, 2.24) is 9.21 Å². The maximum absolute atomic E-state index is 13.0. The molecule has 2 aromatic rings. The summed E-state index contributed by atoms with van der Waals surface area (Å²) in [5, 5.41) is 0.443. The van der Waals surface area contributed by atoms with Gasteiger partial charge in [-0.25, -0.2) is 12.7 Å². The number of halogens is 1. The molecule has 1 aliphatic heterocycles. The minimum absolute atomic E-state index is 0.0166. The quantitative estimate of drug-likeness (QED) is 0.577. The van der Waals surface area contributed by atoms with Crippen LogP contribution in [0.15, 0.2) is 42.5 Å². The molecule has 1 aliphatic rings. The van der Waals surface area contributed by atoms with Gasteiger partial charge in [0.1, 0.15) is 0 Å². The van der Waals surface area contributed by atoms with E-state index in [9.17, 15) is 13.2 Å². The molecule has 0 unspecified atom stereocenters. The number of benzene rings is 2. The first-order valence-corrected chi connectivity index (χ1v) is 12.4. The maximum atomic E-state index is 13.0. The van der Waals surface area contributed by atoms with Crippen molar-refractivity contribution in [2.45, 2.75) is 25.1 Å². The highest BCUT2D eigenvalue weighted by atomic mass is 35.5. The molecule has 7 nitrogen and oxygen atoms in total. The zero-order valence-corrected chi connectivity index (χ0v) is 20.2. The molecule has 2 aromatic carbocycles. The van der Waals surface area contributed by atoms with Crippen LogP contribution in [-0.4, -0.2) is 57.9 Å². The number of piperidine rings is 1. The van der Waals surface area contributed by atoms with E-state index in [0.717, 1.165) is 5.56 Å². The van der Waals surface area contributed by atoms with Gasteiger partial charge in [0.2, 0.25) is 15.9 Å². The average molecular weight is 481 g/mol. The summed E-state index contributed by atoms with van der Waals surface area (Å²) in [7, 11) is 1.42. The van der Waals surface area contributed by atoms with Crippen LogP contribution in [0, 0.1) is 5.92 Å². The van der Waals surface area contributed by atoms with Gasteiger partial charge in [-0.1, -0.05) is 35.9 Å². The second-order valence-corrected chi connectivity index (χ2v) is 10.3. The van der Waals surface area contributed by atoms with Crippen molar-refractivity contribution in [3.63, 3.8) is 0 Å². The molecule has 0 radical (unpaired) electrons. The van der Waals surface area contributed by atoms with E-state index in [4.69, 9.17) is 21.1 Å². The number of hydrogen-bond acceptors (Lipinski definition) is 5. The first kappa shape index (κ1) is 24.4. The molecular weight excluding hydrogens is 452 g/mol. The predicted molar refractivity (Wildman–Crippen MR) is 124 cm³/mol. The molecule has 32 heavy (non-hydrogen) atoms. The molecule has 3 rings (SSSR count). The number of carbonyl (C=O) groups excluding carboxylic acids is 1. The first-order chi connectivity index (χ1) is 15.2. The van der Waals surface area contributed by atoms with Crippen LogP contribution < -0.4 is 9.47 Å². The van der Waals surface area contributed by atoms with Gasteiger partial charge < -0.3 is 14.4 Å². The highest BCUT2D eigenvalue weighted by Crippen LogP contribution is 2.29. The predicted octanol–water partition coefficient (Wildman–Crippen LogP) is 3.56. The summed E-state index contributed by atoms with van der Waals surface area (Å²) in [6, 6.07) is 12.5. The summed E-state index contributed by atoms with van der Waals surface area (Å²) in [6.07, 6.45) is 0.994. The summed E-state index contributed by atoms with van der Waals surface area (Å²) in [6.45, 7) is 1.09. The van der Waals surface area contributed by atoms with Crippen LogP contribution in [0.5, 0.6) is 11.5 Å². The Kier molecular flexibility index (Phi) is 8.03. The standard InChI is InChI=1S/C23H29ClN2O5S/c1-25(15-17-8-9-21(30-2)22(14-17)31-3)23(27)18-10-12-26(13-11-18)32(28,29)16-19-6-4-5-7-20(19)24/h4-9,14,18H,10-13,15-16H2,1-3H3. The zero-order chi connectivity index (χ0) is 23.3. The number of carbonyl (C=O) groups is 1. The van der Waals surface area contributed by atoms with Crippen molar-refractivity contribution in [2.75, 3.05) is 34.4 Å². The first-order valence-electron chi connectivity index (χ1n) is 10.4. The van der Waals surface area contributed by atoms with E-state index in [0.29, 0.717) is 54.6 Å². The minimum Gasteiger partial charge on any atom is -0.493 e. The Labute approximate surface area is 194 Å². The summed E-state index contributed by atoms with van der Waals surface area (Å²) in [5.41, 5.74) is 1.51. The second kappa shape index (κ2) is 10.6. The SMILES string of the molecule is COc1ccc(CN(C)C(=O)C2CCN(S(=O)(=O)Cc3ccccc3Cl)CC2)cc1OC. The number of nitrogens with zero attached hydrogens (tertiary/aromatic N) is 2. The van der Waals surface area contributed by atoms with E-state index in [2.05, 4.69) is 0 Å². The van der Waals surface area contributed by atoms with Crippen LogP contribution in [0.4, 0.5) is 0 Å². The normalized spacial score (nSPS) is 15.4. The van der Waals surface area contributed by atoms with Gasteiger partial charge in [0.05, 0.1) is 20.0 Å². The molecule has 0 aromatic heterocycles. The van der Waals surface area contributed by atoms with E-state index in [1.165, 1.54) is 4.31 Å².